The zero-order valence-electron chi connectivity index (χ0n) is 15.5. The number of hydrogen-bond donors (Lipinski definition) is 0. The van der Waals surface area contributed by atoms with Gasteiger partial charge in [-0.05, 0) is 36.2 Å². The Kier molecular flexibility index (Phi) is 6.81. The minimum atomic E-state index is -3.20. The number of sulfonamides is 1. The van der Waals surface area contributed by atoms with Crippen molar-refractivity contribution in [3.05, 3.63) is 59.0 Å². The first kappa shape index (κ1) is 19.7. The molecule has 1 aromatic carbocycles. The van der Waals surface area contributed by atoms with Crippen LogP contribution in [0.15, 0.2) is 40.8 Å². The number of furan rings is 1. The molecule has 2 rings (SSSR count). The van der Waals surface area contributed by atoms with Crippen molar-refractivity contribution in [1.82, 2.24) is 9.21 Å². The second kappa shape index (κ2) is 8.65. The van der Waals surface area contributed by atoms with E-state index in [1.807, 2.05) is 12.1 Å². The Morgan fingerprint density at radius 1 is 0.880 bits per heavy atom. The number of rotatable bonds is 9. The highest BCUT2D eigenvalue weighted by Crippen LogP contribution is 2.15. The van der Waals surface area contributed by atoms with Gasteiger partial charge in [0.1, 0.15) is 11.5 Å². The SMILES string of the molecule is CCc1ccc(CN(CC)Cc2ccc(CN(C)S(C)(=O)=O)o2)cc1. The average Bonchev–Trinajstić information content (AvgIpc) is 3.01. The van der Waals surface area contributed by atoms with Crippen LogP contribution in [-0.2, 0) is 36.1 Å². The van der Waals surface area contributed by atoms with E-state index in [1.165, 1.54) is 21.7 Å². The normalized spacial score (nSPS) is 12.2. The Morgan fingerprint density at radius 3 is 1.96 bits per heavy atom. The summed E-state index contributed by atoms with van der Waals surface area (Å²) in [7, 11) is -1.65. The topological polar surface area (TPSA) is 53.8 Å². The van der Waals surface area contributed by atoms with Gasteiger partial charge in [-0.2, -0.15) is 4.31 Å². The lowest BCUT2D eigenvalue weighted by molar-refractivity contribution is 0.243. The maximum atomic E-state index is 11.5. The van der Waals surface area contributed by atoms with Crippen molar-refractivity contribution < 1.29 is 12.8 Å². The molecule has 2 aromatic rings. The molecule has 0 radical (unpaired) electrons. The molecule has 0 amide bonds. The highest BCUT2D eigenvalue weighted by Gasteiger charge is 2.14. The maximum Gasteiger partial charge on any atom is 0.211 e. The van der Waals surface area contributed by atoms with Gasteiger partial charge in [0.15, 0.2) is 0 Å². The lowest BCUT2D eigenvalue weighted by Gasteiger charge is -2.19. The van der Waals surface area contributed by atoms with Crippen LogP contribution in [0.1, 0.15) is 36.5 Å². The van der Waals surface area contributed by atoms with Crippen LogP contribution in [0, 0.1) is 0 Å². The first-order valence-electron chi connectivity index (χ1n) is 8.61. The van der Waals surface area contributed by atoms with Gasteiger partial charge in [0.05, 0.1) is 19.3 Å². The number of hydrogen-bond acceptors (Lipinski definition) is 4. The van der Waals surface area contributed by atoms with Crippen molar-refractivity contribution in [1.29, 1.82) is 0 Å². The van der Waals surface area contributed by atoms with E-state index < -0.39 is 10.0 Å². The summed E-state index contributed by atoms with van der Waals surface area (Å²) in [6, 6.07) is 12.5. The average molecular weight is 365 g/mol. The highest BCUT2D eigenvalue weighted by molar-refractivity contribution is 7.88. The van der Waals surface area contributed by atoms with Crippen molar-refractivity contribution in [2.24, 2.45) is 0 Å². The van der Waals surface area contributed by atoms with Crippen molar-refractivity contribution in [2.45, 2.75) is 39.9 Å². The molecule has 0 aliphatic carbocycles. The molecule has 0 atom stereocenters. The van der Waals surface area contributed by atoms with E-state index in [0.29, 0.717) is 12.3 Å². The van der Waals surface area contributed by atoms with Crippen molar-refractivity contribution in [3.63, 3.8) is 0 Å². The molecule has 0 fully saturated rings. The molecule has 0 saturated heterocycles. The third-order valence-electron chi connectivity index (χ3n) is 4.33. The minimum absolute atomic E-state index is 0.253. The fourth-order valence-corrected chi connectivity index (χ4v) is 2.93. The predicted molar refractivity (Wildman–Crippen MR) is 101 cm³/mol. The van der Waals surface area contributed by atoms with E-state index in [2.05, 4.69) is 43.0 Å². The molecule has 0 aliphatic rings. The van der Waals surface area contributed by atoms with Crippen LogP contribution in [-0.4, -0.2) is 37.5 Å². The molecular formula is C19H28N2O3S. The van der Waals surface area contributed by atoms with Gasteiger partial charge in [-0.25, -0.2) is 8.42 Å². The Labute approximate surface area is 151 Å². The lowest BCUT2D eigenvalue weighted by Crippen LogP contribution is -2.24. The summed E-state index contributed by atoms with van der Waals surface area (Å²) < 4.78 is 30.1. The quantitative estimate of drug-likeness (QED) is 0.685. The number of nitrogens with zero attached hydrogens (tertiary/aromatic N) is 2. The summed E-state index contributed by atoms with van der Waals surface area (Å²) in [5.74, 6) is 1.51. The van der Waals surface area contributed by atoms with Crippen LogP contribution in [0.3, 0.4) is 0 Å². The van der Waals surface area contributed by atoms with Gasteiger partial charge in [-0.15, -0.1) is 0 Å². The lowest BCUT2D eigenvalue weighted by atomic mass is 10.1. The van der Waals surface area contributed by atoms with E-state index >= 15 is 0 Å². The summed E-state index contributed by atoms with van der Waals surface area (Å²) in [5, 5.41) is 0. The van der Waals surface area contributed by atoms with Crippen molar-refractivity contribution in [2.75, 3.05) is 19.8 Å². The van der Waals surface area contributed by atoms with Crippen LogP contribution in [0.5, 0.6) is 0 Å². The Morgan fingerprint density at radius 2 is 1.44 bits per heavy atom. The van der Waals surface area contributed by atoms with Crippen molar-refractivity contribution in [3.8, 4) is 0 Å². The van der Waals surface area contributed by atoms with E-state index in [1.54, 1.807) is 7.05 Å². The van der Waals surface area contributed by atoms with Crippen LogP contribution >= 0.6 is 0 Å². The summed E-state index contributed by atoms with van der Waals surface area (Å²) in [4.78, 5) is 2.30. The van der Waals surface area contributed by atoms with Crippen LogP contribution in [0.4, 0.5) is 0 Å². The molecule has 5 nitrogen and oxygen atoms in total. The molecule has 0 unspecified atom stereocenters. The number of benzene rings is 1. The van der Waals surface area contributed by atoms with Crippen LogP contribution < -0.4 is 0 Å². The van der Waals surface area contributed by atoms with Gasteiger partial charge in [0.2, 0.25) is 10.0 Å². The van der Waals surface area contributed by atoms with Crippen LogP contribution in [0.25, 0.3) is 0 Å². The third-order valence-corrected chi connectivity index (χ3v) is 5.59. The molecule has 0 aliphatic heterocycles. The Balaban J connectivity index is 1.97. The van der Waals surface area contributed by atoms with E-state index in [9.17, 15) is 8.42 Å². The Hall–Kier alpha value is -1.63. The monoisotopic (exact) mass is 364 g/mol. The maximum absolute atomic E-state index is 11.5. The molecule has 0 bridgehead atoms. The van der Waals surface area contributed by atoms with Gasteiger partial charge < -0.3 is 4.42 Å². The third kappa shape index (κ3) is 5.99. The summed E-state index contributed by atoms with van der Waals surface area (Å²) >= 11 is 0. The van der Waals surface area contributed by atoms with Gasteiger partial charge >= 0.3 is 0 Å². The standard InChI is InChI=1S/C19H28N2O3S/c1-5-16-7-9-17(10-8-16)13-21(6-2)15-19-12-11-18(24-19)14-20(3)25(4,22)23/h7-12H,5-6,13-15H2,1-4H3. The first-order chi connectivity index (χ1) is 11.8. The molecule has 0 N–H and O–H groups in total. The Bertz CT molecular complexity index is 766. The number of aryl methyl sites for hydroxylation is 1. The summed E-state index contributed by atoms with van der Waals surface area (Å²) in [6.45, 7) is 7.01. The van der Waals surface area contributed by atoms with Crippen LogP contribution in [0.2, 0.25) is 0 Å². The fourth-order valence-electron chi connectivity index (χ4n) is 2.57. The second-order valence-electron chi connectivity index (χ2n) is 6.36. The van der Waals surface area contributed by atoms with E-state index in [0.717, 1.165) is 25.3 Å². The molecule has 138 valence electrons. The van der Waals surface area contributed by atoms with Gasteiger partial charge in [-0.1, -0.05) is 38.1 Å². The van der Waals surface area contributed by atoms with Crippen molar-refractivity contribution >= 4 is 10.0 Å². The molecule has 0 saturated carbocycles. The van der Waals surface area contributed by atoms with Gasteiger partial charge in [0, 0.05) is 13.6 Å². The predicted octanol–water partition coefficient (Wildman–Crippen LogP) is 3.26. The summed E-state index contributed by atoms with van der Waals surface area (Å²) in [5.41, 5.74) is 2.63. The molecular weight excluding hydrogens is 336 g/mol. The van der Waals surface area contributed by atoms with Gasteiger partial charge in [-0.3, -0.25) is 4.90 Å². The summed E-state index contributed by atoms with van der Waals surface area (Å²) in [6.07, 6.45) is 2.24. The minimum Gasteiger partial charge on any atom is -0.463 e. The fraction of sp³-hybridized carbons (Fsp3) is 0.474. The molecule has 1 aromatic heterocycles. The zero-order chi connectivity index (χ0) is 18.4. The van der Waals surface area contributed by atoms with E-state index in [-0.39, 0.29) is 6.54 Å². The zero-order valence-corrected chi connectivity index (χ0v) is 16.3. The van der Waals surface area contributed by atoms with Gasteiger partial charge in [0.25, 0.3) is 0 Å². The smallest absolute Gasteiger partial charge is 0.211 e. The molecule has 6 heteroatoms. The highest BCUT2D eigenvalue weighted by atomic mass is 32.2. The largest absolute Gasteiger partial charge is 0.463 e. The molecule has 0 spiro atoms. The second-order valence-corrected chi connectivity index (χ2v) is 8.45. The van der Waals surface area contributed by atoms with E-state index in [4.69, 9.17) is 4.42 Å². The molecule has 1 heterocycles. The first-order valence-corrected chi connectivity index (χ1v) is 10.5. The molecule has 25 heavy (non-hydrogen) atoms.